The summed E-state index contributed by atoms with van der Waals surface area (Å²) in [5.41, 5.74) is 4.35. The molecular weight excluding hydrogens is 605 g/mol. The number of nitrogens with one attached hydrogen (secondary N) is 2. The standard InChI is InChI=1S/C29H34IN7O2/c1-5-37-25(13-20(2)35-37)27(38)34-28-33-24-15-22(16-31)14-23(30)26(24)36(28)19-29(3,4)18-32-11-12-39-17-21-9-7-6-8-10-21/h6-10,13-15,32H,5,11-12,17-19H2,1-4H3,(H,33,34,38). The molecule has 9 nitrogen and oxygen atoms in total. The van der Waals surface area contributed by atoms with E-state index < -0.39 is 0 Å². The van der Waals surface area contributed by atoms with Gasteiger partial charge >= 0.3 is 0 Å². The van der Waals surface area contributed by atoms with Gasteiger partial charge in [0.25, 0.3) is 5.91 Å². The quantitative estimate of drug-likeness (QED) is 0.165. The number of amides is 1. The summed E-state index contributed by atoms with van der Waals surface area (Å²) in [6.45, 7) is 12.0. The van der Waals surface area contributed by atoms with Crippen LogP contribution in [0.5, 0.6) is 0 Å². The molecule has 0 unspecified atom stereocenters. The van der Waals surface area contributed by atoms with Crippen LogP contribution in [0.1, 0.15) is 48.1 Å². The Morgan fingerprint density at radius 3 is 2.69 bits per heavy atom. The number of carbonyl (C=O) groups excluding carboxylic acids is 1. The highest BCUT2D eigenvalue weighted by molar-refractivity contribution is 14.1. The molecule has 0 atom stereocenters. The summed E-state index contributed by atoms with van der Waals surface area (Å²) in [5, 5.41) is 20.4. The Morgan fingerprint density at radius 2 is 1.97 bits per heavy atom. The molecule has 2 heterocycles. The summed E-state index contributed by atoms with van der Waals surface area (Å²) in [7, 11) is 0. The first kappa shape index (κ1) is 28.7. The number of aryl methyl sites for hydroxylation is 2. The fourth-order valence-electron chi connectivity index (χ4n) is 4.49. The summed E-state index contributed by atoms with van der Waals surface area (Å²) in [6, 6.07) is 17.7. The Morgan fingerprint density at radius 1 is 1.21 bits per heavy atom. The summed E-state index contributed by atoms with van der Waals surface area (Å²) < 4.78 is 10.4. The first-order chi connectivity index (χ1) is 18.7. The predicted octanol–water partition coefficient (Wildman–Crippen LogP) is 5.12. The Kier molecular flexibility index (Phi) is 9.37. The number of fused-ring (bicyclic) bond motifs is 1. The van der Waals surface area contributed by atoms with Gasteiger partial charge in [0.2, 0.25) is 5.95 Å². The second kappa shape index (κ2) is 12.7. The van der Waals surface area contributed by atoms with E-state index in [4.69, 9.17) is 9.72 Å². The number of halogens is 1. The molecule has 204 valence electrons. The van der Waals surface area contributed by atoms with Crippen molar-refractivity contribution in [1.29, 1.82) is 5.26 Å². The summed E-state index contributed by atoms with van der Waals surface area (Å²) in [4.78, 5) is 18.0. The highest BCUT2D eigenvalue weighted by atomic mass is 127. The minimum atomic E-state index is -0.268. The maximum Gasteiger partial charge on any atom is 0.276 e. The van der Waals surface area contributed by atoms with E-state index in [2.05, 4.69) is 70.4 Å². The van der Waals surface area contributed by atoms with Crippen LogP contribution in [0.3, 0.4) is 0 Å². The van der Waals surface area contributed by atoms with E-state index in [1.807, 2.05) is 42.7 Å². The van der Waals surface area contributed by atoms with Crippen LogP contribution in [0, 0.1) is 27.2 Å². The van der Waals surface area contributed by atoms with E-state index in [9.17, 15) is 10.1 Å². The fraction of sp³-hybridized carbons (Fsp3) is 0.379. The van der Waals surface area contributed by atoms with Crippen molar-refractivity contribution in [2.24, 2.45) is 5.41 Å². The van der Waals surface area contributed by atoms with Gasteiger partial charge in [-0.3, -0.25) is 14.8 Å². The third-order valence-corrected chi connectivity index (χ3v) is 7.13. The van der Waals surface area contributed by atoms with Crippen LogP contribution in [0.4, 0.5) is 5.95 Å². The molecule has 1 amide bonds. The molecule has 2 aromatic heterocycles. The number of aromatic nitrogens is 4. The molecule has 0 saturated heterocycles. The number of rotatable bonds is 12. The van der Waals surface area contributed by atoms with Gasteiger partial charge in [-0.2, -0.15) is 10.4 Å². The van der Waals surface area contributed by atoms with Crippen molar-refractivity contribution in [3.63, 3.8) is 0 Å². The molecular formula is C29H34IN7O2. The lowest BCUT2D eigenvalue weighted by atomic mass is 9.93. The van der Waals surface area contributed by atoms with Crippen molar-refractivity contribution < 1.29 is 9.53 Å². The molecule has 0 aliphatic carbocycles. The van der Waals surface area contributed by atoms with E-state index in [-0.39, 0.29) is 11.3 Å². The van der Waals surface area contributed by atoms with Crippen molar-refractivity contribution in [2.75, 3.05) is 25.0 Å². The van der Waals surface area contributed by atoms with Gasteiger partial charge in [-0.15, -0.1) is 0 Å². The van der Waals surface area contributed by atoms with Crippen molar-refractivity contribution in [2.45, 2.75) is 47.4 Å². The molecule has 0 aliphatic rings. The highest BCUT2D eigenvalue weighted by Crippen LogP contribution is 2.30. The largest absolute Gasteiger partial charge is 0.375 e. The second-order valence-corrected chi connectivity index (χ2v) is 11.4. The van der Waals surface area contributed by atoms with Gasteiger partial charge in [0.15, 0.2) is 0 Å². The van der Waals surface area contributed by atoms with Crippen LogP contribution in [-0.4, -0.2) is 44.9 Å². The molecule has 0 spiro atoms. The number of carbonyl (C=O) groups is 1. The van der Waals surface area contributed by atoms with Crippen molar-refractivity contribution in [3.05, 3.63) is 74.6 Å². The summed E-state index contributed by atoms with van der Waals surface area (Å²) in [5.74, 6) is 0.180. The zero-order valence-corrected chi connectivity index (χ0v) is 24.9. The monoisotopic (exact) mass is 639 g/mol. The van der Waals surface area contributed by atoms with Crippen LogP contribution >= 0.6 is 22.6 Å². The molecule has 2 N–H and O–H groups in total. The lowest BCUT2D eigenvalue weighted by Gasteiger charge is -2.27. The highest BCUT2D eigenvalue weighted by Gasteiger charge is 2.25. The number of ether oxygens (including phenoxy) is 1. The Labute approximate surface area is 242 Å². The number of nitriles is 1. The van der Waals surface area contributed by atoms with E-state index in [0.717, 1.165) is 33.4 Å². The maximum atomic E-state index is 13.3. The lowest BCUT2D eigenvalue weighted by Crippen LogP contribution is -2.35. The Balaban J connectivity index is 1.49. The van der Waals surface area contributed by atoms with Crippen LogP contribution in [-0.2, 0) is 24.4 Å². The first-order valence-electron chi connectivity index (χ1n) is 13.0. The number of imidazole rings is 1. The van der Waals surface area contributed by atoms with Gasteiger partial charge in [0.1, 0.15) is 5.69 Å². The summed E-state index contributed by atoms with van der Waals surface area (Å²) in [6.07, 6.45) is 0. The van der Waals surface area contributed by atoms with Crippen LogP contribution in [0.2, 0.25) is 0 Å². The smallest absolute Gasteiger partial charge is 0.276 e. The average Bonchev–Trinajstić information content (AvgIpc) is 3.46. The zero-order chi connectivity index (χ0) is 28.0. The van der Waals surface area contributed by atoms with Gasteiger partial charge in [0.05, 0.1) is 41.6 Å². The number of hydrogen-bond donors (Lipinski definition) is 2. The van der Waals surface area contributed by atoms with Crippen molar-refractivity contribution in [3.8, 4) is 6.07 Å². The topological polar surface area (TPSA) is 110 Å². The third kappa shape index (κ3) is 7.23. The third-order valence-electron chi connectivity index (χ3n) is 6.31. The van der Waals surface area contributed by atoms with Crippen molar-refractivity contribution >= 4 is 45.5 Å². The van der Waals surface area contributed by atoms with Crippen LogP contribution < -0.4 is 10.6 Å². The zero-order valence-electron chi connectivity index (χ0n) is 22.8. The molecule has 0 aliphatic heterocycles. The average molecular weight is 640 g/mol. The summed E-state index contributed by atoms with van der Waals surface area (Å²) >= 11 is 2.24. The molecule has 0 saturated carbocycles. The predicted molar refractivity (Wildman–Crippen MR) is 161 cm³/mol. The van der Waals surface area contributed by atoms with Gasteiger partial charge in [-0.25, -0.2) is 4.98 Å². The van der Waals surface area contributed by atoms with Crippen LogP contribution in [0.25, 0.3) is 11.0 Å². The van der Waals surface area contributed by atoms with E-state index in [1.165, 1.54) is 0 Å². The SMILES string of the molecule is CCn1nc(C)cc1C(=O)Nc1nc2cc(C#N)cc(I)c2n1CC(C)(C)CNCCOCc1ccccc1. The van der Waals surface area contributed by atoms with Crippen LogP contribution in [0.15, 0.2) is 48.5 Å². The number of benzene rings is 2. The molecule has 39 heavy (non-hydrogen) atoms. The minimum Gasteiger partial charge on any atom is -0.375 e. The van der Waals surface area contributed by atoms with E-state index in [1.54, 1.807) is 16.8 Å². The first-order valence-corrected chi connectivity index (χ1v) is 14.1. The Hall–Kier alpha value is -3.27. The Bertz CT molecular complexity index is 1490. The second-order valence-electron chi connectivity index (χ2n) is 10.3. The molecule has 4 aromatic rings. The van der Waals surface area contributed by atoms with E-state index in [0.29, 0.717) is 49.0 Å². The number of nitrogens with zero attached hydrogens (tertiary/aromatic N) is 5. The maximum absolute atomic E-state index is 13.3. The van der Waals surface area contributed by atoms with Gasteiger partial charge < -0.3 is 14.6 Å². The number of hydrogen-bond acceptors (Lipinski definition) is 6. The molecule has 2 aromatic carbocycles. The van der Waals surface area contributed by atoms with Gasteiger partial charge in [0, 0.05) is 29.7 Å². The molecule has 0 bridgehead atoms. The van der Waals surface area contributed by atoms with Gasteiger partial charge in [-0.05, 0) is 65.6 Å². The fourth-order valence-corrected chi connectivity index (χ4v) is 5.39. The molecule has 0 radical (unpaired) electrons. The number of anilines is 1. The molecule has 4 rings (SSSR count). The van der Waals surface area contributed by atoms with Gasteiger partial charge in [-0.1, -0.05) is 44.2 Å². The normalized spacial score (nSPS) is 11.6. The van der Waals surface area contributed by atoms with E-state index >= 15 is 0 Å². The molecule has 10 heteroatoms. The lowest BCUT2D eigenvalue weighted by molar-refractivity contribution is 0.101. The van der Waals surface area contributed by atoms with Crippen molar-refractivity contribution in [1.82, 2.24) is 24.6 Å². The molecule has 0 fully saturated rings. The minimum absolute atomic E-state index is 0.175.